The van der Waals surface area contributed by atoms with Gasteiger partial charge in [-0.15, -0.1) is 0 Å². The van der Waals surface area contributed by atoms with Crippen molar-refractivity contribution in [1.29, 1.82) is 0 Å². The molecule has 3 heterocycles. The number of hydrogen-bond acceptors (Lipinski definition) is 3. The summed E-state index contributed by atoms with van der Waals surface area (Å²) < 4.78 is 0. The summed E-state index contributed by atoms with van der Waals surface area (Å²) in [6, 6.07) is 3.21. The molecule has 3 aliphatic rings. The molecule has 0 amide bonds. The molecule has 20 heavy (non-hydrogen) atoms. The van der Waals surface area contributed by atoms with Gasteiger partial charge in [0.1, 0.15) is 0 Å². The van der Waals surface area contributed by atoms with Crippen molar-refractivity contribution in [3.63, 3.8) is 0 Å². The highest BCUT2D eigenvalue weighted by atomic mass is 15.3. The topological polar surface area (TPSA) is 18.5 Å². The summed E-state index contributed by atoms with van der Waals surface area (Å²) in [5.74, 6) is 0.783. The molecule has 3 saturated heterocycles. The summed E-state index contributed by atoms with van der Waals surface area (Å²) in [4.78, 5) is 5.62. The molecule has 0 spiro atoms. The Balaban J connectivity index is 1.61. The van der Waals surface area contributed by atoms with E-state index in [-0.39, 0.29) is 0 Å². The molecule has 0 aromatic carbocycles. The molecule has 3 nitrogen and oxygen atoms in total. The number of likely N-dealkylation sites (tertiary alicyclic amines) is 1. The van der Waals surface area contributed by atoms with Crippen LogP contribution in [0.3, 0.4) is 0 Å². The van der Waals surface area contributed by atoms with Crippen molar-refractivity contribution in [3.05, 3.63) is 0 Å². The van der Waals surface area contributed by atoms with Crippen molar-refractivity contribution in [2.45, 2.75) is 77.0 Å². The predicted molar refractivity (Wildman–Crippen MR) is 85.0 cm³/mol. The molecule has 0 aliphatic carbocycles. The van der Waals surface area contributed by atoms with Crippen LogP contribution in [0.2, 0.25) is 0 Å². The van der Waals surface area contributed by atoms with Crippen LogP contribution in [0.15, 0.2) is 0 Å². The second-order valence-corrected chi connectivity index (χ2v) is 7.29. The van der Waals surface area contributed by atoms with Crippen LogP contribution in [0.1, 0.15) is 52.9 Å². The van der Waals surface area contributed by atoms with E-state index in [0.29, 0.717) is 0 Å². The van der Waals surface area contributed by atoms with Crippen LogP contribution in [-0.4, -0.2) is 60.1 Å². The standard InChI is InChI=1S/C17H33N3/c1-4-9-18-15-7-12-20(14(3)13(15)2)17-8-11-19-10-5-6-16(17)19/h13-18H,4-12H2,1-3H3. The summed E-state index contributed by atoms with van der Waals surface area (Å²) in [6.07, 6.45) is 6.88. The van der Waals surface area contributed by atoms with Crippen molar-refractivity contribution in [2.24, 2.45) is 5.92 Å². The monoisotopic (exact) mass is 279 g/mol. The Morgan fingerprint density at radius 2 is 1.85 bits per heavy atom. The molecule has 0 bridgehead atoms. The Kier molecular flexibility index (Phi) is 4.68. The van der Waals surface area contributed by atoms with E-state index in [0.717, 1.165) is 30.1 Å². The summed E-state index contributed by atoms with van der Waals surface area (Å²) in [5, 5.41) is 3.77. The number of fused-ring (bicyclic) bond motifs is 1. The lowest BCUT2D eigenvalue weighted by Gasteiger charge is -2.47. The van der Waals surface area contributed by atoms with Gasteiger partial charge in [-0.05, 0) is 58.0 Å². The molecule has 116 valence electrons. The van der Waals surface area contributed by atoms with E-state index in [1.54, 1.807) is 0 Å². The number of piperidine rings is 1. The maximum Gasteiger partial charge on any atom is 0.0266 e. The smallest absolute Gasteiger partial charge is 0.0266 e. The third-order valence-electron chi connectivity index (χ3n) is 6.27. The number of hydrogen-bond donors (Lipinski definition) is 1. The number of nitrogens with zero attached hydrogens (tertiary/aromatic N) is 2. The molecule has 5 unspecified atom stereocenters. The average Bonchev–Trinajstić information content (AvgIpc) is 3.04. The summed E-state index contributed by atoms with van der Waals surface area (Å²) >= 11 is 0. The Morgan fingerprint density at radius 1 is 1.00 bits per heavy atom. The lowest BCUT2D eigenvalue weighted by Crippen LogP contribution is -2.58. The minimum Gasteiger partial charge on any atom is -0.314 e. The van der Waals surface area contributed by atoms with Crippen LogP contribution in [-0.2, 0) is 0 Å². The molecule has 3 aliphatic heterocycles. The predicted octanol–water partition coefficient (Wildman–Crippen LogP) is 2.32. The van der Waals surface area contributed by atoms with Crippen LogP contribution >= 0.6 is 0 Å². The number of rotatable bonds is 4. The van der Waals surface area contributed by atoms with Crippen molar-refractivity contribution < 1.29 is 0 Å². The van der Waals surface area contributed by atoms with Crippen LogP contribution in [0.4, 0.5) is 0 Å². The molecule has 0 radical (unpaired) electrons. The molecule has 3 heteroatoms. The molecule has 0 aromatic rings. The first-order valence-corrected chi connectivity index (χ1v) is 8.95. The molecule has 5 atom stereocenters. The fraction of sp³-hybridized carbons (Fsp3) is 1.00. The average molecular weight is 279 g/mol. The summed E-state index contributed by atoms with van der Waals surface area (Å²) in [6.45, 7) is 12.4. The van der Waals surface area contributed by atoms with Crippen molar-refractivity contribution in [3.8, 4) is 0 Å². The zero-order chi connectivity index (χ0) is 14.1. The Morgan fingerprint density at radius 3 is 2.65 bits per heavy atom. The van der Waals surface area contributed by atoms with Gasteiger partial charge in [-0.2, -0.15) is 0 Å². The van der Waals surface area contributed by atoms with E-state index in [4.69, 9.17) is 0 Å². The van der Waals surface area contributed by atoms with E-state index in [9.17, 15) is 0 Å². The normalized spacial score (nSPS) is 43.0. The van der Waals surface area contributed by atoms with Gasteiger partial charge in [-0.25, -0.2) is 0 Å². The quantitative estimate of drug-likeness (QED) is 0.852. The SMILES string of the molecule is CCCNC1CCN(C2CCN3CCCC23)C(C)C1C. The molecule has 3 rings (SSSR count). The maximum atomic E-state index is 3.77. The minimum absolute atomic E-state index is 0.738. The zero-order valence-corrected chi connectivity index (χ0v) is 13.6. The largest absolute Gasteiger partial charge is 0.314 e. The Bertz CT molecular complexity index is 319. The first kappa shape index (κ1) is 14.8. The number of nitrogens with one attached hydrogen (secondary N) is 1. The first-order valence-electron chi connectivity index (χ1n) is 8.95. The molecular weight excluding hydrogens is 246 g/mol. The van der Waals surface area contributed by atoms with Gasteiger partial charge in [0, 0.05) is 37.3 Å². The highest BCUT2D eigenvalue weighted by molar-refractivity contribution is 5.01. The molecule has 3 fully saturated rings. The van der Waals surface area contributed by atoms with Crippen molar-refractivity contribution in [2.75, 3.05) is 26.2 Å². The highest BCUT2D eigenvalue weighted by Gasteiger charge is 2.44. The maximum absolute atomic E-state index is 3.77. The van der Waals surface area contributed by atoms with E-state index in [1.807, 2.05) is 0 Å². The van der Waals surface area contributed by atoms with Gasteiger partial charge < -0.3 is 5.32 Å². The van der Waals surface area contributed by atoms with Gasteiger partial charge in [0.2, 0.25) is 0 Å². The van der Waals surface area contributed by atoms with Gasteiger partial charge in [0.05, 0.1) is 0 Å². The fourth-order valence-electron chi connectivity index (χ4n) is 4.92. The van der Waals surface area contributed by atoms with Gasteiger partial charge in [0.15, 0.2) is 0 Å². The lowest BCUT2D eigenvalue weighted by molar-refractivity contribution is 0.0360. The Hall–Kier alpha value is -0.120. The van der Waals surface area contributed by atoms with Crippen LogP contribution in [0.25, 0.3) is 0 Å². The van der Waals surface area contributed by atoms with Gasteiger partial charge in [-0.1, -0.05) is 13.8 Å². The molecular formula is C17H33N3. The summed E-state index contributed by atoms with van der Waals surface area (Å²) in [5.41, 5.74) is 0. The van der Waals surface area contributed by atoms with E-state index < -0.39 is 0 Å². The van der Waals surface area contributed by atoms with E-state index in [2.05, 4.69) is 35.9 Å². The van der Waals surface area contributed by atoms with Crippen LogP contribution in [0, 0.1) is 5.92 Å². The van der Waals surface area contributed by atoms with Crippen LogP contribution in [0.5, 0.6) is 0 Å². The summed E-state index contributed by atoms with van der Waals surface area (Å²) in [7, 11) is 0. The lowest BCUT2D eigenvalue weighted by atomic mass is 9.85. The van der Waals surface area contributed by atoms with Crippen molar-refractivity contribution >= 4 is 0 Å². The van der Waals surface area contributed by atoms with E-state index >= 15 is 0 Å². The second kappa shape index (κ2) is 6.33. The van der Waals surface area contributed by atoms with Gasteiger partial charge in [0.25, 0.3) is 0 Å². The molecule has 0 aromatic heterocycles. The van der Waals surface area contributed by atoms with Gasteiger partial charge in [-0.3, -0.25) is 9.80 Å². The third-order valence-corrected chi connectivity index (χ3v) is 6.27. The minimum atomic E-state index is 0.738. The molecule has 1 N–H and O–H groups in total. The highest BCUT2D eigenvalue weighted by Crippen LogP contribution is 2.35. The zero-order valence-electron chi connectivity index (χ0n) is 13.6. The Labute approximate surface area is 125 Å². The first-order chi connectivity index (χ1) is 9.72. The van der Waals surface area contributed by atoms with Crippen molar-refractivity contribution in [1.82, 2.24) is 15.1 Å². The third kappa shape index (κ3) is 2.65. The second-order valence-electron chi connectivity index (χ2n) is 7.29. The van der Waals surface area contributed by atoms with Crippen LogP contribution < -0.4 is 5.32 Å². The van der Waals surface area contributed by atoms with E-state index in [1.165, 1.54) is 58.3 Å². The fourth-order valence-corrected chi connectivity index (χ4v) is 4.92. The molecule has 0 saturated carbocycles. The van der Waals surface area contributed by atoms with Gasteiger partial charge >= 0.3 is 0 Å².